The smallest absolute Gasteiger partial charge is 0.195 e. The third-order valence-electron chi connectivity index (χ3n) is 5.07. The van der Waals surface area contributed by atoms with Crippen molar-refractivity contribution in [3.05, 3.63) is 95.1 Å². The Balaban J connectivity index is 2.12. The van der Waals surface area contributed by atoms with Gasteiger partial charge in [-0.1, -0.05) is 72.8 Å². The zero-order valence-electron chi connectivity index (χ0n) is 15.7. The number of carbonyl (C=O) groups excluding carboxylic acids is 3. The maximum absolute atomic E-state index is 13.8. The lowest BCUT2D eigenvalue weighted by molar-refractivity contribution is 0.0984. The second-order valence-corrected chi connectivity index (χ2v) is 6.86. The minimum Gasteiger partial charge on any atom is -0.294 e. The molecule has 0 unspecified atom stereocenters. The van der Waals surface area contributed by atoms with Gasteiger partial charge in [-0.25, -0.2) is 0 Å². The molecule has 0 saturated carbocycles. The van der Waals surface area contributed by atoms with E-state index in [1.807, 2.05) is 60.7 Å². The van der Waals surface area contributed by atoms with E-state index in [-0.39, 0.29) is 17.3 Å². The third kappa shape index (κ3) is 2.81. The fourth-order valence-electron chi connectivity index (χ4n) is 3.74. The molecular weight excluding hydrogens is 348 g/mol. The molecule has 0 aliphatic rings. The molecule has 3 nitrogen and oxygen atoms in total. The number of ketones is 3. The molecule has 0 saturated heterocycles. The Morgan fingerprint density at radius 2 is 0.929 bits per heavy atom. The first-order chi connectivity index (χ1) is 13.5. The molecule has 3 heteroatoms. The molecule has 136 valence electrons. The van der Waals surface area contributed by atoms with Gasteiger partial charge >= 0.3 is 0 Å². The summed E-state index contributed by atoms with van der Waals surface area (Å²) in [5.41, 5.74) is 1.44. The number of carbonyl (C=O) groups is 3. The van der Waals surface area contributed by atoms with Crippen molar-refractivity contribution in [3.63, 3.8) is 0 Å². The van der Waals surface area contributed by atoms with Gasteiger partial charge in [0.05, 0.1) is 0 Å². The maximum Gasteiger partial charge on any atom is 0.195 e. The van der Waals surface area contributed by atoms with E-state index in [4.69, 9.17) is 0 Å². The van der Waals surface area contributed by atoms with Crippen molar-refractivity contribution < 1.29 is 14.4 Å². The van der Waals surface area contributed by atoms with Crippen LogP contribution in [0, 0.1) is 0 Å². The Kier molecular flexibility index (Phi) is 4.36. The van der Waals surface area contributed by atoms with Crippen molar-refractivity contribution in [1.82, 2.24) is 0 Å². The van der Waals surface area contributed by atoms with E-state index < -0.39 is 0 Å². The highest BCUT2D eigenvalue weighted by Gasteiger charge is 2.24. The zero-order chi connectivity index (χ0) is 19.8. The molecule has 0 N–H and O–H groups in total. The lowest BCUT2D eigenvalue weighted by atomic mass is 9.86. The van der Waals surface area contributed by atoms with Gasteiger partial charge in [0.15, 0.2) is 17.3 Å². The quantitative estimate of drug-likeness (QED) is 0.440. The van der Waals surface area contributed by atoms with Gasteiger partial charge in [0.1, 0.15) is 0 Å². The first kappa shape index (κ1) is 17.8. The minimum atomic E-state index is -0.302. The standard InChI is InChI=1S/C25H18O3/c1-15(26)19-13-11-17-7-3-5-9-21(17)23(19)25(28)24-20(16(2)27)14-12-18-8-4-6-10-22(18)24/h3-14H,1-2H3. The van der Waals surface area contributed by atoms with E-state index in [0.29, 0.717) is 33.0 Å². The average Bonchev–Trinajstić information content (AvgIpc) is 2.71. The number of hydrogen-bond acceptors (Lipinski definition) is 3. The Hall–Kier alpha value is -3.59. The van der Waals surface area contributed by atoms with Crippen LogP contribution in [0.2, 0.25) is 0 Å². The fourth-order valence-corrected chi connectivity index (χ4v) is 3.74. The predicted octanol–water partition coefficient (Wildman–Crippen LogP) is 5.63. The number of hydrogen-bond donors (Lipinski definition) is 0. The van der Waals surface area contributed by atoms with Crippen molar-refractivity contribution in [2.75, 3.05) is 0 Å². The van der Waals surface area contributed by atoms with Gasteiger partial charge in [0, 0.05) is 22.3 Å². The Labute approximate surface area is 162 Å². The minimum absolute atomic E-state index is 0.182. The van der Waals surface area contributed by atoms with E-state index >= 15 is 0 Å². The second kappa shape index (κ2) is 6.86. The van der Waals surface area contributed by atoms with Crippen molar-refractivity contribution in [2.45, 2.75) is 13.8 Å². The molecule has 0 bridgehead atoms. The van der Waals surface area contributed by atoms with Crippen LogP contribution in [-0.4, -0.2) is 17.3 Å². The van der Waals surface area contributed by atoms with Gasteiger partial charge in [0.2, 0.25) is 0 Å². The van der Waals surface area contributed by atoms with Crippen LogP contribution in [0.4, 0.5) is 0 Å². The number of Topliss-reactive ketones (excluding diaryl/α,β-unsaturated/α-hetero) is 2. The molecule has 0 atom stereocenters. The summed E-state index contributed by atoms with van der Waals surface area (Å²) in [7, 11) is 0. The number of benzene rings is 4. The van der Waals surface area contributed by atoms with Gasteiger partial charge in [-0.2, -0.15) is 0 Å². The van der Waals surface area contributed by atoms with Crippen LogP contribution in [0.3, 0.4) is 0 Å². The number of rotatable bonds is 4. The maximum atomic E-state index is 13.8. The lowest BCUT2D eigenvalue weighted by Crippen LogP contribution is -2.13. The third-order valence-corrected chi connectivity index (χ3v) is 5.07. The Bertz CT molecular complexity index is 1180. The van der Waals surface area contributed by atoms with Gasteiger partial charge < -0.3 is 0 Å². The summed E-state index contributed by atoms with van der Waals surface area (Å²) in [6.45, 7) is 2.91. The highest BCUT2D eigenvalue weighted by atomic mass is 16.1. The van der Waals surface area contributed by atoms with Crippen molar-refractivity contribution in [2.24, 2.45) is 0 Å². The molecule has 28 heavy (non-hydrogen) atoms. The molecule has 0 aromatic heterocycles. The van der Waals surface area contributed by atoms with Crippen molar-refractivity contribution in [3.8, 4) is 0 Å². The van der Waals surface area contributed by atoms with Crippen LogP contribution in [0.5, 0.6) is 0 Å². The molecule has 4 aromatic carbocycles. The van der Waals surface area contributed by atoms with E-state index in [0.717, 1.165) is 10.8 Å². The molecule has 0 heterocycles. The molecule has 0 spiro atoms. The molecule has 0 aliphatic heterocycles. The normalized spacial score (nSPS) is 10.9. The molecule has 0 radical (unpaired) electrons. The van der Waals surface area contributed by atoms with E-state index in [1.54, 1.807) is 12.1 Å². The van der Waals surface area contributed by atoms with E-state index in [9.17, 15) is 14.4 Å². The van der Waals surface area contributed by atoms with Crippen LogP contribution in [0.15, 0.2) is 72.8 Å². The van der Waals surface area contributed by atoms with Gasteiger partial charge in [-0.15, -0.1) is 0 Å². The summed E-state index contributed by atoms with van der Waals surface area (Å²) in [6, 6.07) is 22.0. The van der Waals surface area contributed by atoms with Crippen LogP contribution in [-0.2, 0) is 0 Å². The first-order valence-corrected chi connectivity index (χ1v) is 9.09. The Morgan fingerprint density at radius 1 is 0.536 bits per heavy atom. The largest absolute Gasteiger partial charge is 0.294 e. The second-order valence-electron chi connectivity index (χ2n) is 6.86. The zero-order valence-corrected chi connectivity index (χ0v) is 15.7. The lowest BCUT2D eigenvalue weighted by Gasteiger charge is -2.14. The van der Waals surface area contributed by atoms with Crippen LogP contribution < -0.4 is 0 Å². The first-order valence-electron chi connectivity index (χ1n) is 9.09. The summed E-state index contributed by atoms with van der Waals surface area (Å²) in [5.74, 6) is -0.665. The van der Waals surface area contributed by atoms with Gasteiger partial charge in [-0.05, 0) is 35.4 Å². The molecule has 4 aromatic rings. The average molecular weight is 366 g/mol. The SMILES string of the molecule is CC(=O)c1ccc2ccccc2c1C(=O)c1c(C(C)=O)ccc2ccccc12. The van der Waals surface area contributed by atoms with Crippen LogP contribution in [0.1, 0.15) is 50.5 Å². The molecule has 0 aliphatic carbocycles. The Morgan fingerprint density at radius 3 is 1.32 bits per heavy atom. The van der Waals surface area contributed by atoms with E-state index in [1.165, 1.54) is 13.8 Å². The van der Waals surface area contributed by atoms with Crippen molar-refractivity contribution >= 4 is 38.9 Å². The topological polar surface area (TPSA) is 51.2 Å². The molecule has 0 fully saturated rings. The highest BCUT2D eigenvalue weighted by molar-refractivity contribution is 6.28. The predicted molar refractivity (Wildman–Crippen MR) is 111 cm³/mol. The summed E-state index contributed by atoms with van der Waals surface area (Å²) < 4.78 is 0. The van der Waals surface area contributed by atoms with E-state index in [2.05, 4.69) is 0 Å². The number of fused-ring (bicyclic) bond motifs is 2. The highest BCUT2D eigenvalue weighted by Crippen LogP contribution is 2.31. The summed E-state index contributed by atoms with van der Waals surface area (Å²) in [6.07, 6.45) is 0. The van der Waals surface area contributed by atoms with Gasteiger partial charge in [0.25, 0.3) is 0 Å². The van der Waals surface area contributed by atoms with Gasteiger partial charge in [-0.3, -0.25) is 14.4 Å². The fraction of sp³-hybridized carbons (Fsp3) is 0.0800. The molecule has 0 amide bonds. The summed E-state index contributed by atoms with van der Waals surface area (Å²) in [5, 5.41) is 3.17. The molecule has 4 rings (SSSR count). The van der Waals surface area contributed by atoms with Crippen molar-refractivity contribution in [1.29, 1.82) is 0 Å². The molecular formula is C25H18O3. The summed E-state index contributed by atoms with van der Waals surface area (Å²) >= 11 is 0. The van der Waals surface area contributed by atoms with Crippen LogP contribution in [0.25, 0.3) is 21.5 Å². The van der Waals surface area contributed by atoms with Crippen LogP contribution >= 0.6 is 0 Å². The summed E-state index contributed by atoms with van der Waals surface area (Å²) in [4.78, 5) is 38.4. The monoisotopic (exact) mass is 366 g/mol.